The van der Waals surface area contributed by atoms with Crippen LogP contribution in [-0.4, -0.2) is 45.2 Å². The second kappa shape index (κ2) is 5.88. The number of rotatable bonds is 3. The lowest BCUT2D eigenvalue weighted by atomic mass is 10.2. The summed E-state index contributed by atoms with van der Waals surface area (Å²) in [5, 5.41) is 11.4. The van der Waals surface area contributed by atoms with Gasteiger partial charge in [0.2, 0.25) is 0 Å². The Morgan fingerprint density at radius 3 is 3.16 bits per heavy atom. The molecule has 1 aliphatic rings. The molecule has 0 spiro atoms. The zero-order valence-corrected chi connectivity index (χ0v) is 12.0. The predicted molar refractivity (Wildman–Crippen MR) is 82.0 cm³/mol. The minimum Gasteiger partial charge on any atom is -0.349 e. The van der Waals surface area contributed by atoms with Gasteiger partial charge < -0.3 is 5.32 Å². The molecule has 2 N–H and O–H groups in total. The van der Waals surface area contributed by atoms with E-state index in [-0.39, 0.29) is 5.91 Å². The van der Waals surface area contributed by atoms with E-state index in [0.717, 1.165) is 23.2 Å². The Labute approximate surface area is 120 Å². The minimum atomic E-state index is -0.0892. The van der Waals surface area contributed by atoms with Gasteiger partial charge in [0.1, 0.15) is 0 Å². The summed E-state index contributed by atoms with van der Waals surface area (Å²) < 4.78 is 0. The first kappa shape index (κ1) is 12.9. The van der Waals surface area contributed by atoms with Crippen LogP contribution in [0.25, 0.3) is 10.9 Å². The third-order valence-corrected chi connectivity index (χ3v) is 5.91. The molecule has 1 aromatic heterocycles. The lowest BCUT2D eigenvalue weighted by Crippen LogP contribution is -2.33. The largest absolute Gasteiger partial charge is 0.349 e. The van der Waals surface area contributed by atoms with Crippen LogP contribution in [0.4, 0.5) is 0 Å². The number of fused-ring (bicyclic) bond motifs is 1. The summed E-state index contributed by atoms with van der Waals surface area (Å²) in [6.45, 7) is 0.720. The average molecular weight is 293 g/mol. The van der Waals surface area contributed by atoms with Crippen LogP contribution in [0.15, 0.2) is 24.3 Å². The van der Waals surface area contributed by atoms with Crippen molar-refractivity contribution in [3.63, 3.8) is 0 Å². The van der Waals surface area contributed by atoms with E-state index < -0.39 is 0 Å². The summed E-state index contributed by atoms with van der Waals surface area (Å²) in [6.07, 6.45) is 0. The van der Waals surface area contributed by atoms with Gasteiger partial charge in [0.15, 0.2) is 5.69 Å². The molecule has 4 nitrogen and oxygen atoms in total. The van der Waals surface area contributed by atoms with Gasteiger partial charge in [-0.3, -0.25) is 9.89 Å². The number of aromatic nitrogens is 2. The number of nitrogens with one attached hydrogen (secondary N) is 2. The molecule has 0 radical (unpaired) electrons. The average Bonchev–Trinajstić information content (AvgIpc) is 2.90. The second-order valence-electron chi connectivity index (χ2n) is 4.40. The molecule has 0 bridgehead atoms. The fourth-order valence-corrected chi connectivity index (χ4v) is 4.69. The number of carbonyl (C=O) groups excluding carboxylic acids is 1. The van der Waals surface area contributed by atoms with Crippen molar-refractivity contribution in [3.05, 3.63) is 30.0 Å². The van der Waals surface area contributed by atoms with Crippen molar-refractivity contribution in [1.29, 1.82) is 0 Å². The van der Waals surface area contributed by atoms with Crippen LogP contribution < -0.4 is 5.32 Å². The highest BCUT2D eigenvalue weighted by molar-refractivity contribution is 8.06. The van der Waals surface area contributed by atoms with Crippen molar-refractivity contribution in [2.75, 3.05) is 23.8 Å². The third kappa shape index (κ3) is 2.90. The van der Waals surface area contributed by atoms with Crippen LogP contribution in [0, 0.1) is 0 Å². The van der Waals surface area contributed by atoms with Crippen LogP contribution in [0.3, 0.4) is 0 Å². The molecule has 1 amide bonds. The molecule has 2 aromatic rings. The molecule has 3 rings (SSSR count). The van der Waals surface area contributed by atoms with Crippen LogP contribution in [0.1, 0.15) is 10.5 Å². The Hall–Kier alpha value is -1.14. The number of carbonyl (C=O) groups is 1. The van der Waals surface area contributed by atoms with Crippen molar-refractivity contribution < 1.29 is 4.79 Å². The lowest BCUT2D eigenvalue weighted by molar-refractivity contribution is 0.0951. The van der Waals surface area contributed by atoms with E-state index in [9.17, 15) is 4.79 Å². The number of hydrogen-bond acceptors (Lipinski definition) is 4. The molecular formula is C13H15N3OS2. The molecule has 0 aliphatic carbocycles. The van der Waals surface area contributed by atoms with E-state index >= 15 is 0 Å². The number of aromatic amines is 1. The van der Waals surface area contributed by atoms with E-state index in [1.54, 1.807) is 0 Å². The Morgan fingerprint density at radius 1 is 1.42 bits per heavy atom. The first-order valence-corrected chi connectivity index (χ1v) is 8.45. The van der Waals surface area contributed by atoms with E-state index in [4.69, 9.17) is 0 Å². The van der Waals surface area contributed by atoms with E-state index in [1.165, 1.54) is 11.5 Å². The van der Waals surface area contributed by atoms with Gasteiger partial charge in [-0.1, -0.05) is 18.2 Å². The molecule has 1 aromatic carbocycles. The van der Waals surface area contributed by atoms with Crippen molar-refractivity contribution in [2.45, 2.75) is 5.25 Å². The van der Waals surface area contributed by atoms with Crippen LogP contribution in [-0.2, 0) is 0 Å². The highest BCUT2D eigenvalue weighted by atomic mass is 32.2. The molecular weight excluding hydrogens is 278 g/mol. The molecule has 19 heavy (non-hydrogen) atoms. The van der Waals surface area contributed by atoms with Gasteiger partial charge in [0.05, 0.1) is 5.52 Å². The minimum absolute atomic E-state index is 0.0892. The van der Waals surface area contributed by atoms with Gasteiger partial charge >= 0.3 is 0 Å². The smallest absolute Gasteiger partial charge is 0.272 e. The first-order chi connectivity index (χ1) is 9.34. The summed E-state index contributed by atoms with van der Waals surface area (Å²) >= 11 is 3.90. The first-order valence-electron chi connectivity index (χ1n) is 6.25. The van der Waals surface area contributed by atoms with Crippen LogP contribution in [0.5, 0.6) is 0 Å². The molecule has 2 heterocycles. The fraction of sp³-hybridized carbons (Fsp3) is 0.385. The molecule has 100 valence electrons. The number of amides is 1. The van der Waals surface area contributed by atoms with E-state index in [0.29, 0.717) is 10.9 Å². The monoisotopic (exact) mass is 293 g/mol. The van der Waals surface area contributed by atoms with E-state index in [1.807, 2.05) is 47.8 Å². The number of H-pyrrole nitrogens is 1. The summed E-state index contributed by atoms with van der Waals surface area (Å²) in [7, 11) is 0. The normalized spacial score (nSPS) is 19.5. The SMILES string of the molecule is O=C(NCC1CSCCS1)c1n[nH]c2ccccc12. The van der Waals surface area contributed by atoms with Gasteiger partial charge in [0.25, 0.3) is 5.91 Å². The quantitative estimate of drug-likeness (QED) is 0.910. The maximum absolute atomic E-state index is 12.2. The number of para-hydroxylation sites is 1. The Morgan fingerprint density at radius 2 is 2.32 bits per heavy atom. The molecule has 1 fully saturated rings. The van der Waals surface area contributed by atoms with Gasteiger partial charge in [-0.05, 0) is 6.07 Å². The zero-order chi connectivity index (χ0) is 13.1. The Kier molecular flexibility index (Phi) is 3.98. The molecule has 0 saturated carbocycles. The van der Waals surface area contributed by atoms with Gasteiger partial charge in [-0.15, -0.1) is 0 Å². The number of benzene rings is 1. The number of hydrogen-bond donors (Lipinski definition) is 2. The number of nitrogens with zero attached hydrogens (tertiary/aromatic N) is 1. The predicted octanol–water partition coefficient (Wildman–Crippen LogP) is 2.14. The maximum Gasteiger partial charge on any atom is 0.272 e. The van der Waals surface area contributed by atoms with Gasteiger partial charge in [-0.25, -0.2) is 0 Å². The standard InChI is InChI=1S/C13H15N3OS2/c17-13(14-7-9-8-18-5-6-19-9)12-10-3-1-2-4-11(10)15-16-12/h1-4,9H,5-8H2,(H,14,17)(H,15,16). The summed E-state index contributed by atoms with van der Waals surface area (Å²) in [6, 6.07) is 7.69. The molecule has 1 saturated heterocycles. The van der Waals surface area contributed by atoms with Crippen LogP contribution in [0.2, 0.25) is 0 Å². The maximum atomic E-state index is 12.2. The summed E-state index contributed by atoms with van der Waals surface area (Å²) in [4.78, 5) is 12.2. The van der Waals surface area contributed by atoms with Crippen molar-refractivity contribution in [3.8, 4) is 0 Å². The fourth-order valence-electron chi connectivity index (χ4n) is 2.08. The number of thioether (sulfide) groups is 2. The van der Waals surface area contributed by atoms with Gasteiger partial charge in [-0.2, -0.15) is 28.6 Å². The second-order valence-corrected chi connectivity index (χ2v) is 6.95. The molecule has 6 heteroatoms. The van der Waals surface area contributed by atoms with Gasteiger partial charge in [0, 0.05) is 34.4 Å². The van der Waals surface area contributed by atoms with Crippen LogP contribution >= 0.6 is 23.5 Å². The summed E-state index contributed by atoms with van der Waals surface area (Å²) in [5.41, 5.74) is 1.39. The highest BCUT2D eigenvalue weighted by Gasteiger charge is 2.18. The highest BCUT2D eigenvalue weighted by Crippen LogP contribution is 2.23. The topological polar surface area (TPSA) is 57.8 Å². The molecule has 1 aliphatic heterocycles. The van der Waals surface area contributed by atoms with Crippen molar-refractivity contribution >= 4 is 40.3 Å². The molecule has 1 unspecified atom stereocenters. The molecule has 1 atom stereocenters. The Bertz CT molecular complexity index is 578. The summed E-state index contributed by atoms with van der Waals surface area (Å²) in [5.74, 6) is 3.43. The Balaban J connectivity index is 1.66. The van der Waals surface area contributed by atoms with Crippen molar-refractivity contribution in [2.24, 2.45) is 0 Å². The zero-order valence-electron chi connectivity index (χ0n) is 10.4. The van der Waals surface area contributed by atoms with E-state index in [2.05, 4.69) is 15.5 Å². The lowest BCUT2D eigenvalue weighted by Gasteiger charge is -2.20. The third-order valence-electron chi connectivity index (χ3n) is 3.06. The van der Waals surface area contributed by atoms with Crippen molar-refractivity contribution in [1.82, 2.24) is 15.5 Å².